The first-order valence-electron chi connectivity index (χ1n) is 7.47. The van der Waals surface area contributed by atoms with Crippen molar-refractivity contribution in [1.29, 1.82) is 0 Å². The van der Waals surface area contributed by atoms with E-state index in [1.807, 2.05) is 25.1 Å². The third-order valence-electron chi connectivity index (χ3n) is 3.74. The van der Waals surface area contributed by atoms with Crippen molar-refractivity contribution < 1.29 is 4.74 Å². The molecule has 0 aromatic heterocycles. The van der Waals surface area contributed by atoms with Crippen LogP contribution in [0.4, 0.5) is 5.69 Å². The van der Waals surface area contributed by atoms with Gasteiger partial charge in [-0.2, -0.15) is 0 Å². The number of nitrogen functional groups attached to an aromatic ring is 1. The summed E-state index contributed by atoms with van der Waals surface area (Å²) in [7, 11) is 0. The monoisotopic (exact) mass is 262 g/mol. The van der Waals surface area contributed by atoms with Gasteiger partial charge in [0, 0.05) is 6.54 Å². The maximum Gasteiger partial charge on any atom is 0.142 e. The zero-order valence-electron chi connectivity index (χ0n) is 12.0. The summed E-state index contributed by atoms with van der Waals surface area (Å²) in [6.07, 6.45) is 6.57. The molecule has 0 bridgehead atoms. The third kappa shape index (κ3) is 4.75. The number of likely N-dealkylation sites (tertiary alicyclic amines) is 1. The Balaban J connectivity index is 1.68. The Bertz CT molecular complexity index is 384. The molecule has 1 saturated heterocycles. The van der Waals surface area contributed by atoms with Gasteiger partial charge in [0.25, 0.3) is 0 Å². The normalized spacial score (nSPS) is 17.1. The molecule has 1 aromatic rings. The van der Waals surface area contributed by atoms with Crippen molar-refractivity contribution in [3.8, 4) is 5.75 Å². The highest BCUT2D eigenvalue weighted by atomic mass is 16.5. The van der Waals surface area contributed by atoms with E-state index in [0.29, 0.717) is 0 Å². The molecule has 2 N–H and O–H groups in total. The van der Waals surface area contributed by atoms with Crippen LogP contribution in [-0.4, -0.2) is 31.1 Å². The van der Waals surface area contributed by atoms with E-state index >= 15 is 0 Å². The molecule has 1 heterocycles. The van der Waals surface area contributed by atoms with Gasteiger partial charge in [-0.1, -0.05) is 18.9 Å². The smallest absolute Gasteiger partial charge is 0.142 e. The maximum atomic E-state index is 5.93. The number of hydrogen-bond donors (Lipinski definition) is 1. The first-order chi connectivity index (χ1) is 9.25. The first-order valence-corrected chi connectivity index (χ1v) is 7.47. The molecular weight excluding hydrogens is 236 g/mol. The minimum atomic E-state index is 0.745. The van der Waals surface area contributed by atoms with Crippen LogP contribution in [0.3, 0.4) is 0 Å². The van der Waals surface area contributed by atoms with Crippen LogP contribution in [0.25, 0.3) is 0 Å². The van der Waals surface area contributed by atoms with Gasteiger partial charge in [0.1, 0.15) is 5.75 Å². The van der Waals surface area contributed by atoms with E-state index in [9.17, 15) is 0 Å². The molecule has 2 rings (SSSR count). The quantitative estimate of drug-likeness (QED) is 0.654. The highest BCUT2D eigenvalue weighted by Gasteiger charge is 2.08. The highest BCUT2D eigenvalue weighted by molar-refractivity contribution is 5.53. The topological polar surface area (TPSA) is 38.5 Å². The summed E-state index contributed by atoms with van der Waals surface area (Å²) in [6, 6.07) is 5.97. The molecule has 19 heavy (non-hydrogen) atoms. The number of rotatable bonds is 5. The van der Waals surface area contributed by atoms with E-state index in [4.69, 9.17) is 10.5 Å². The molecule has 1 aromatic carbocycles. The van der Waals surface area contributed by atoms with Crippen LogP contribution in [0.2, 0.25) is 0 Å². The number of nitrogens with two attached hydrogens (primary N) is 1. The van der Waals surface area contributed by atoms with Gasteiger partial charge in [-0.15, -0.1) is 0 Å². The number of hydrogen-bond acceptors (Lipinski definition) is 3. The molecule has 1 aliphatic rings. The highest BCUT2D eigenvalue weighted by Crippen LogP contribution is 2.22. The van der Waals surface area contributed by atoms with Crippen LogP contribution in [0.15, 0.2) is 18.2 Å². The second-order valence-corrected chi connectivity index (χ2v) is 5.50. The Morgan fingerprint density at radius 3 is 2.58 bits per heavy atom. The Kier molecular flexibility index (Phi) is 5.52. The SMILES string of the molecule is Cc1ccc(OCCCN2CCCCCC2)c(N)c1. The van der Waals surface area contributed by atoms with Gasteiger partial charge in [0.05, 0.1) is 12.3 Å². The second-order valence-electron chi connectivity index (χ2n) is 5.50. The van der Waals surface area contributed by atoms with E-state index in [0.717, 1.165) is 31.0 Å². The van der Waals surface area contributed by atoms with E-state index in [-0.39, 0.29) is 0 Å². The Morgan fingerprint density at radius 2 is 1.89 bits per heavy atom. The number of nitrogens with zero attached hydrogens (tertiary/aromatic N) is 1. The molecule has 1 aliphatic heterocycles. The Morgan fingerprint density at radius 1 is 1.16 bits per heavy atom. The van der Waals surface area contributed by atoms with Crippen molar-refractivity contribution in [1.82, 2.24) is 4.90 Å². The summed E-state index contributed by atoms with van der Waals surface area (Å²) in [4.78, 5) is 2.56. The van der Waals surface area contributed by atoms with Gasteiger partial charge in [-0.3, -0.25) is 0 Å². The largest absolute Gasteiger partial charge is 0.491 e. The second kappa shape index (κ2) is 7.39. The van der Waals surface area contributed by atoms with E-state index in [2.05, 4.69) is 4.90 Å². The first kappa shape index (κ1) is 14.2. The van der Waals surface area contributed by atoms with Crippen molar-refractivity contribution in [2.75, 3.05) is 32.0 Å². The molecule has 3 nitrogen and oxygen atoms in total. The lowest BCUT2D eigenvalue weighted by Crippen LogP contribution is -2.26. The van der Waals surface area contributed by atoms with Gasteiger partial charge in [-0.05, 0) is 57.0 Å². The van der Waals surface area contributed by atoms with Gasteiger partial charge < -0.3 is 15.4 Å². The van der Waals surface area contributed by atoms with Gasteiger partial charge in [0.2, 0.25) is 0 Å². The summed E-state index contributed by atoms with van der Waals surface area (Å²) in [5.74, 6) is 0.821. The molecule has 0 amide bonds. The minimum absolute atomic E-state index is 0.745. The molecule has 0 aliphatic carbocycles. The molecule has 0 unspecified atom stereocenters. The van der Waals surface area contributed by atoms with Crippen LogP contribution in [0.5, 0.6) is 5.75 Å². The van der Waals surface area contributed by atoms with E-state index < -0.39 is 0 Å². The van der Waals surface area contributed by atoms with Crippen molar-refractivity contribution in [3.63, 3.8) is 0 Å². The average molecular weight is 262 g/mol. The van der Waals surface area contributed by atoms with Crippen LogP contribution < -0.4 is 10.5 Å². The molecular formula is C16H26N2O. The molecule has 0 saturated carbocycles. The summed E-state index contributed by atoms with van der Waals surface area (Å²) in [5.41, 5.74) is 7.85. The van der Waals surface area contributed by atoms with E-state index in [1.165, 1.54) is 44.3 Å². The zero-order chi connectivity index (χ0) is 13.5. The Labute approximate surface area is 116 Å². The number of ether oxygens (including phenoxy) is 1. The summed E-state index contributed by atoms with van der Waals surface area (Å²) in [5, 5.41) is 0. The summed E-state index contributed by atoms with van der Waals surface area (Å²) in [6.45, 7) is 6.45. The van der Waals surface area contributed by atoms with Gasteiger partial charge in [-0.25, -0.2) is 0 Å². The van der Waals surface area contributed by atoms with Gasteiger partial charge >= 0.3 is 0 Å². The fraction of sp³-hybridized carbons (Fsp3) is 0.625. The molecule has 0 radical (unpaired) electrons. The predicted molar refractivity (Wildman–Crippen MR) is 80.6 cm³/mol. The van der Waals surface area contributed by atoms with Crippen LogP contribution in [-0.2, 0) is 0 Å². The lowest BCUT2D eigenvalue weighted by molar-refractivity contribution is 0.240. The fourth-order valence-corrected chi connectivity index (χ4v) is 2.63. The average Bonchev–Trinajstić information content (AvgIpc) is 2.65. The van der Waals surface area contributed by atoms with Crippen LogP contribution in [0, 0.1) is 6.92 Å². The third-order valence-corrected chi connectivity index (χ3v) is 3.74. The minimum Gasteiger partial charge on any atom is -0.491 e. The number of aryl methyl sites for hydroxylation is 1. The molecule has 106 valence electrons. The molecule has 1 fully saturated rings. The standard InChI is InChI=1S/C16H26N2O/c1-14-7-8-16(15(17)13-14)19-12-6-11-18-9-4-2-3-5-10-18/h7-8,13H,2-6,9-12,17H2,1H3. The molecule has 3 heteroatoms. The van der Waals surface area contributed by atoms with Crippen LogP contribution in [0.1, 0.15) is 37.7 Å². The lowest BCUT2D eigenvalue weighted by atomic mass is 10.2. The van der Waals surface area contributed by atoms with E-state index in [1.54, 1.807) is 0 Å². The molecule has 0 spiro atoms. The number of benzene rings is 1. The van der Waals surface area contributed by atoms with Crippen molar-refractivity contribution in [2.24, 2.45) is 0 Å². The molecule has 0 atom stereocenters. The summed E-state index contributed by atoms with van der Waals surface area (Å²) >= 11 is 0. The summed E-state index contributed by atoms with van der Waals surface area (Å²) < 4.78 is 5.76. The lowest BCUT2D eigenvalue weighted by Gasteiger charge is -2.19. The van der Waals surface area contributed by atoms with Crippen molar-refractivity contribution in [2.45, 2.75) is 39.0 Å². The van der Waals surface area contributed by atoms with Crippen LogP contribution >= 0.6 is 0 Å². The van der Waals surface area contributed by atoms with Gasteiger partial charge in [0.15, 0.2) is 0 Å². The fourth-order valence-electron chi connectivity index (χ4n) is 2.63. The number of anilines is 1. The Hall–Kier alpha value is -1.22. The van der Waals surface area contributed by atoms with Crippen molar-refractivity contribution >= 4 is 5.69 Å². The van der Waals surface area contributed by atoms with Crippen molar-refractivity contribution in [3.05, 3.63) is 23.8 Å². The predicted octanol–water partition coefficient (Wildman–Crippen LogP) is 3.22. The zero-order valence-corrected chi connectivity index (χ0v) is 12.0. The maximum absolute atomic E-state index is 5.93.